The van der Waals surface area contributed by atoms with Crippen molar-refractivity contribution < 1.29 is 4.39 Å². The molecule has 0 aliphatic rings. The first-order chi connectivity index (χ1) is 5.84. The molecule has 0 amide bonds. The van der Waals surface area contributed by atoms with Gasteiger partial charge < -0.3 is 0 Å². The number of benzene rings is 1. The lowest BCUT2D eigenvalue weighted by Crippen LogP contribution is -1.87. The maximum Gasteiger partial charge on any atom is 0.131 e. The average molecular weight is 161 g/mol. The molecule has 0 spiro atoms. The van der Waals surface area contributed by atoms with Crippen molar-refractivity contribution in [3.8, 4) is 12.3 Å². The number of terminal acetylenes is 1. The van der Waals surface area contributed by atoms with Crippen molar-refractivity contribution in [3.05, 3.63) is 35.6 Å². The van der Waals surface area contributed by atoms with Crippen LogP contribution in [0, 0.1) is 18.2 Å². The van der Waals surface area contributed by atoms with Crippen LogP contribution in [0.3, 0.4) is 0 Å². The molecule has 60 valence electrons. The van der Waals surface area contributed by atoms with Crippen molar-refractivity contribution in [1.29, 1.82) is 0 Å². The SMILES string of the molecule is C#CCN=Cc1ccccc1F. The van der Waals surface area contributed by atoms with E-state index in [0.29, 0.717) is 5.56 Å². The lowest BCUT2D eigenvalue weighted by molar-refractivity contribution is 0.626. The van der Waals surface area contributed by atoms with Gasteiger partial charge in [-0.25, -0.2) is 4.39 Å². The normalized spacial score (nSPS) is 10.0. The third kappa shape index (κ3) is 2.21. The second-order valence-electron chi connectivity index (χ2n) is 2.20. The quantitative estimate of drug-likeness (QED) is 0.464. The molecule has 0 bridgehead atoms. The van der Waals surface area contributed by atoms with Crippen LogP contribution in [0.5, 0.6) is 0 Å². The van der Waals surface area contributed by atoms with E-state index >= 15 is 0 Å². The summed E-state index contributed by atoms with van der Waals surface area (Å²) in [5, 5.41) is 0. The van der Waals surface area contributed by atoms with Gasteiger partial charge in [-0.2, -0.15) is 0 Å². The van der Waals surface area contributed by atoms with Crippen molar-refractivity contribution >= 4 is 6.21 Å². The Morgan fingerprint density at radius 1 is 1.50 bits per heavy atom. The lowest BCUT2D eigenvalue weighted by atomic mass is 10.2. The van der Waals surface area contributed by atoms with Crippen molar-refractivity contribution in [2.45, 2.75) is 0 Å². The molecule has 0 atom stereocenters. The predicted molar refractivity (Wildman–Crippen MR) is 47.7 cm³/mol. The van der Waals surface area contributed by atoms with Crippen molar-refractivity contribution in [2.24, 2.45) is 4.99 Å². The van der Waals surface area contributed by atoms with E-state index in [1.54, 1.807) is 18.2 Å². The highest BCUT2D eigenvalue weighted by Crippen LogP contribution is 2.02. The molecule has 0 N–H and O–H groups in total. The van der Waals surface area contributed by atoms with Crippen LogP contribution in [0.15, 0.2) is 29.3 Å². The van der Waals surface area contributed by atoms with Crippen LogP contribution in [-0.2, 0) is 0 Å². The molecule has 0 saturated carbocycles. The van der Waals surface area contributed by atoms with Crippen LogP contribution in [-0.4, -0.2) is 12.8 Å². The van der Waals surface area contributed by atoms with E-state index in [9.17, 15) is 4.39 Å². The zero-order valence-electron chi connectivity index (χ0n) is 6.50. The molecule has 1 aromatic rings. The first-order valence-corrected chi connectivity index (χ1v) is 3.52. The Kier molecular flexibility index (Phi) is 3.04. The molecule has 12 heavy (non-hydrogen) atoms. The predicted octanol–water partition coefficient (Wildman–Crippen LogP) is 1.88. The minimum atomic E-state index is -0.279. The first kappa shape index (κ1) is 8.48. The smallest absolute Gasteiger partial charge is 0.131 e. The molecule has 0 aliphatic heterocycles. The highest BCUT2D eigenvalue weighted by Gasteiger charge is 1.94. The molecule has 2 heteroatoms. The van der Waals surface area contributed by atoms with Gasteiger partial charge >= 0.3 is 0 Å². The number of rotatable bonds is 2. The molecule has 0 heterocycles. The van der Waals surface area contributed by atoms with E-state index in [4.69, 9.17) is 6.42 Å². The maximum absolute atomic E-state index is 12.9. The van der Waals surface area contributed by atoms with Gasteiger partial charge in [0, 0.05) is 11.8 Å². The van der Waals surface area contributed by atoms with Gasteiger partial charge in [-0.3, -0.25) is 4.99 Å². The minimum absolute atomic E-state index is 0.279. The van der Waals surface area contributed by atoms with Crippen LogP contribution in [0.2, 0.25) is 0 Å². The number of hydrogen-bond donors (Lipinski definition) is 0. The number of hydrogen-bond acceptors (Lipinski definition) is 1. The number of nitrogens with zero attached hydrogens (tertiary/aromatic N) is 1. The summed E-state index contributed by atoms with van der Waals surface area (Å²) >= 11 is 0. The van der Waals surface area contributed by atoms with Crippen LogP contribution in [0.1, 0.15) is 5.56 Å². The fraction of sp³-hybridized carbons (Fsp3) is 0.100. The third-order valence-corrected chi connectivity index (χ3v) is 1.32. The van der Waals surface area contributed by atoms with Gasteiger partial charge in [0.2, 0.25) is 0 Å². The van der Waals surface area contributed by atoms with Crippen molar-refractivity contribution in [1.82, 2.24) is 0 Å². The number of halogens is 1. The van der Waals surface area contributed by atoms with Crippen LogP contribution in [0.4, 0.5) is 4.39 Å². The summed E-state index contributed by atoms with van der Waals surface area (Å²) in [5.74, 6) is 2.06. The van der Waals surface area contributed by atoms with E-state index in [2.05, 4.69) is 10.9 Å². The summed E-state index contributed by atoms with van der Waals surface area (Å²) in [6.45, 7) is 0.286. The van der Waals surface area contributed by atoms with E-state index in [1.807, 2.05) is 0 Å². The average Bonchev–Trinajstić information content (AvgIpc) is 2.09. The van der Waals surface area contributed by atoms with E-state index < -0.39 is 0 Å². The minimum Gasteiger partial charge on any atom is -0.280 e. The van der Waals surface area contributed by atoms with Gasteiger partial charge in [0.15, 0.2) is 0 Å². The molecular formula is C10H8FN. The zero-order chi connectivity index (χ0) is 8.81. The Bertz CT molecular complexity index is 323. The Labute approximate surface area is 71.0 Å². The van der Waals surface area contributed by atoms with Crippen LogP contribution < -0.4 is 0 Å². The molecule has 1 rings (SSSR count). The Balaban J connectivity index is 2.77. The molecular weight excluding hydrogens is 153 g/mol. The molecule has 1 nitrogen and oxygen atoms in total. The standard InChI is InChI=1S/C10H8FN/c1-2-7-12-8-9-5-3-4-6-10(9)11/h1,3-6,8H,7H2. The lowest BCUT2D eigenvalue weighted by Gasteiger charge is -1.92. The topological polar surface area (TPSA) is 12.4 Å². The van der Waals surface area contributed by atoms with Gasteiger partial charge in [-0.15, -0.1) is 6.42 Å². The summed E-state index contributed by atoms with van der Waals surface area (Å²) in [6, 6.07) is 6.42. The largest absolute Gasteiger partial charge is 0.280 e. The summed E-state index contributed by atoms with van der Waals surface area (Å²) in [6.07, 6.45) is 6.41. The van der Waals surface area contributed by atoms with Gasteiger partial charge in [0.25, 0.3) is 0 Å². The monoisotopic (exact) mass is 161 g/mol. The molecule has 0 aliphatic carbocycles. The first-order valence-electron chi connectivity index (χ1n) is 3.52. The third-order valence-electron chi connectivity index (χ3n) is 1.32. The molecule has 0 fully saturated rings. The summed E-state index contributed by atoms with van der Waals surface area (Å²) in [5.41, 5.74) is 0.466. The Hall–Kier alpha value is -1.62. The second kappa shape index (κ2) is 4.30. The second-order valence-corrected chi connectivity index (χ2v) is 2.20. The van der Waals surface area contributed by atoms with Gasteiger partial charge in [-0.1, -0.05) is 24.1 Å². The fourth-order valence-electron chi connectivity index (χ4n) is 0.776. The highest BCUT2D eigenvalue weighted by atomic mass is 19.1. The van der Waals surface area contributed by atoms with Gasteiger partial charge in [-0.05, 0) is 6.07 Å². The van der Waals surface area contributed by atoms with Gasteiger partial charge in [0.05, 0.1) is 6.54 Å². The summed E-state index contributed by atoms with van der Waals surface area (Å²) < 4.78 is 12.9. The van der Waals surface area contributed by atoms with Crippen LogP contribution in [0.25, 0.3) is 0 Å². The number of aliphatic imine (C=N–C) groups is 1. The van der Waals surface area contributed by atoms with E-state index in [-0.39, 0.29) is 12.4 Å². The van der Waals surface area contributed by atoms with Gasteiger partial charge in [0.1, 0.15) is 5.82 Å². The maximum atomic E-state index is 12.9. The van der Waals surface area contributed by atoms with E-state index in [1.165, 1.54) is 12.3 Å². The Morgan fingerprint density at radius 3 is 2.92 bits per heavy atom. The highest BCUT2D eigenvalue weighted by molar-refractivity contribution is 5.79. The molecule has 0 radical (unpaired) electrons. The molecule has 0 saturated heterocycles. The molecule has 0 aromatic heterocycles. The van der Waals surface area contributed by atoms with Crippen molar-refractivity contribution in [2.75, 3.05) is 6.54 Å². The molecule has 1 aromatic carbocycles. The fourth-order valence-corrected chi connectivity index (χ4v) is 0.776. The summed E-state index contributed by atoms with van der Waals surface area (Å²) in [4.78, 5) is 3.82. The van der Waals surface area contributed by atoms with Crippen LogP contribution >= 0.6 is 0 Å². The Morgan fingerprint density at radius 2 is 2.25 bits per heavy atom. The van der Waals surface area contributed by atoms with Crippen molar-refractivity contribution in [3.63, 3.8) is 0 Å². The zero-order valence-corrected chi connectivity index (χ0v) is 6.50. The van der Waals surface area contributed by atoms with E-state index in [0.717, 1.165) is 0 Å². The molecule has 0 unspecified atom stereocenters. The summed E-state index contributed by atoms with van der Waals surface area (Å²) in [7, 11) is 0.